The number of hydrogen-bond acceptors (Lipinski definition) is 5. The van der Waals surface area contributed by atoms with Gasteiger partial charge in [-0.1, -0.05) is 11.2 Å². The molecule has 1 heterocycles. The van der Waals surface area contributed by atoms with Gasteiger partial charge in [-0.3, -0.25) is 0 Å². The van der Waals surface area contributed by atoms with E-state index in [1.54, 1.807) is 7.11 Å². The van der Waals surface area contributed by atoms with Crippen molar-refractivity contribution in [2.45, 2.75) is 32.3 Å². The molecule has 5 nitrogen and oxygen atoms in total. The van der Waals surface area contributed by atoms with Crippen LogP contribution in [0, 0.1) is 5.92 Å². The molecule has 0 aromatic heterocycles. The third-order valence-corrected chi connectivity index (χ3v) is 4.71. The lowest BCUT2D eigenvalue weighted by atomic mass is 10.0. The largest absolute Gasteiger partial charge is 0.497 e. The van der Waals surface area contributed by atoms with Crippen LogP contribution in [0.3, 0.4) is 0 Å². The molecule has 1 aliphatic carbocycles. The maximum Gasteiger partial charge on any atom is 0.231 e. The van der Waals surface area contributed by atoms with Crippen molar-refractivity contribution in [2.75, 3.05) is 13.9 Å². The Bertz CT molecular complexity index is 813. The van der Waals surface area contributed by atoms with Crippen LogP contribution in [0.2, 0.25) is 0 Å². The lowest BCUT2D eigenvalue weighted by molar-refractivity contribution is 0.0854. The Kier molecular flexibility index (Phi) is 4.45. The molecule has 2 aliphatic rings. The Morgan fingerprint density at radius 3 is 2.58 bits per heavy atom. The standard InChI is InChI=1S/C21H23NO4/c1-13(2)26-22-21(14-4-7-16(23-3)8-5-14)18-11-17(18)15-6-9-19-20(10-15)25-12-24-19/h4-10,13,17-18H,11-12H2,1-3H3/b22-21+. The fourth-order valence-electron chi connectivity index (χ4n) is 3.27. The van der Waals surface area contributed by atoms with Crippen LogP contribution in [0.15, 0.2) is 47.6 Å². The van der Waals surface area contributed by atoms with Gasteiger partial charge >= 0.3 is 0 Å². The summed E-state index contributed by atoms with van der Waals surface area (Å²) in [4.78, 5) is 5.59. The van der Waals surface area contributed by atoms with Crippen molar-refractivity contribution < 1.29 is 19.0 Å². The molecule has 2 aromatic rings. The Hall–Kier alpha value is -2.69. The first-order valence-corrected chi connectivity index (χ1v) is 8.93. The van der Waals surface area contributed by atoms with Crippen molar-refractivity contribution >= 4 is 5.71 Å². The van der Waals surface area contributed by atoms with E-state index in [1.807, 2.05) is 44.2 Å². The molecule has 2 atom stereocenters. The van der Waals surface area contributed by atoms with Gasteiger partial charge in [-0.25, -0.2) is 0 Å². The highest BCUT2D eigenvalue weighted by Gasteiger charge is 2.43. The van der Waals surface area contributed by atoms with Gasteiger partial charge in [0.25, 0.3) is 0 Å². The summed E-state index contributed by atoms with van der Waals surface area (Å²) in [6, 6.07) is 14.2. The lowest BCUT2D eigenvalue weighted by Crippen LogP contribution is -2.08. The highest BCUT2D eigenvalue weighted by atomic mass is 16.7. The molecule has 0 spiro atoms. The summed E-state index contributed by atoms with van der Waals surface area (Å²) < 4.78 is 16.2. The molecule has 2 aromatic carbocycles. The van der Waals surface area contributed by atoms with E-state index in [-0.39, 0.29) is 6.10 Å². The van der Waals surface area contributed by atoms with Gasteiger partial charge < -0.3 is 19.0 Å². The van der Waals surface area contributed by atoms with Crippen molar-refractivity contribution in [1.29, 1.82) is 0 Å². The monoisotopic (exact) mass is 353 g/mol. The van der Waals surface area contributed by atoms with Crippen molar-refractivity contribution in [2.24, 2.45) is 11.1 Å². The minimum Gasteiger partial charge on any atom is -0.497 e. The van der Waals surface area contributed by atoms with E-state index in [1.165, 1.54) is 5.56 Å². The molecule has 4 rings (SSSR count). The van der Waals surface area contributed by atoms with Crippen molar-refractivity contribution in [3.8, 4) is 17.2 Å². The smallest absolute Gasteiger partial charge is 0.231 e. The van der Waals surface area contributed by atoms with E-state index in [4.69, 9.17) is 19.0 Å². The number of ether oxygens (including phenoxy) is 3. The second kappa shape index (κ2) is 6.90. The maximum absolute atomic E-state index is 5.59. The second-order valence-electron chi connectivity index (χ2n) is 6.92. The van der Waals surface area contributed by atoms with E-state index < -0.39 is 0 Å². The summed E-state index contributed by atoms with van der Waals surface area (Å²) >= 11 is 0. The van der Waals surface area contributed by atoms with Gasteiger partial charge in [0.1, 0.15) is 11.9 Å². The van der Waals surface area contributed by atoms with Crippen LogP contribution >= 0.6 is 0 Å². The second-order valence-corrected chi connectivity index (χ2v) is 6.92. The molecule has 1 fully saturated rings. The molecular formula is C21H23NO4. The van der Waals surface area contributed by atoms with Crippen molar-refractivity contribution in [3.63, 3.8) is 0 Å². The van der Waals surface area contributed by atoms with Crippen LogP contribution < -0.4 is 14.2 Å². The minimum atomic E-state index is 0.0472. The topological polar surface area (TPSA) is 49.3 Å². The first-order valence-electron chi connectivity index (χ1n) is 8.93. The Balaban J connectivity index is 1.58. The fourth-order valence-corrected chi connectivity index (χ4v) is 3.27. The Morgan fingerprint density at radius 2 is 1.85 bits per heavy atom. The first kappa shape index (κ1) is 16.8. The van der Waals surface area contributed by atoms with Crippen LogP contribution in [0.25, 0.3) is 0 Å². The number of nitrogens with zero attached hydrogens (tertiary/aromatic N) is 1. The summed E-state index contributed by atoms with van der Waals surface area (Å²) in [5, 5.41) is 4.48. The molecule has 0 radical (unpaired) electrons. The zero-order chi connectivity index (χ0) is 18.1. The quantitative estimate of drug-likeness (QED) is 0.572. The van der Waals surface area contributed by atoms with Gasteiger partial charge in [-0.05, 0) is 73.7 Å². The van der Waals surface area contributed by atoms with Crippen molar-refractivity contribution in [1.82, 2.24) is 0 Å². The van der Waals surface area contributed by atoms with E-state index >= 15 is 0 Å². The van der Waals surface area contributed by atoms with Gasteiger partial charge in [-0.2, -0.15) is 0 Å². The predicted octanol–water partition coefficient (Wildman–Crippen LogP) is 4.36. The molecule has 0 bridgehead atoms. The fraction of sp³-hybridized carbons (Fsp3) is 0.381. The van der Waals surface area contributed by atoms with Gasteiger partial charge in [0.2, 0.25) is 6.79 Å². The molecule has 136 valence electrons. The average molecular weight is 353 g/mol. The molecule has 0 amide bonds. The number of fused-ring (bicyclic) bond motifs is 1. The van der Waals surface area contributed by atoms with E-state index in [9.17, 15) is 0 Å². The van der Waals surface area contributed by atoms with Crippen LogP contribution in [0.4, 0.5) is 0 Å². The van der Waals surface area contributed by atoms with Crippen molar-refractivity contribution in [3.05, 3.63) is 53.6 Å². The van der Waals surface area contributed by atoms with E-state index in [0.29, 0.717) is 18.6 Å². The third kappa shape index (κ3) is 3.34. The van der Waals surface area contributed by atoms with Gasteiger partial charge in [0.05, 0.1) is 12.8 Å². The molecule has 1 saturated carbocycles. The number of rotatable bonds is 6. The molecule has 0 N–H and O–H groups in total. The number of methoxy groups -OCH3 is 1. The molecule has 26 heavy (non-hydrogen) atoms. The molecule has 2 unspecified atom stereocenters. The Labute approximate surface area is 153 Å². The molecule has 1 aliphatic heterocycles. The minimum absolute atomic E-state index is 0.0472. The number of hydrogen-bond donors (Lipinski definition) is 0. The first-order chi connectivity index (χ1) is 12.7. The summed E-state index contributed by atoms with van der Waals surface area (Å²) in [5.74, 6) is 3.23. The van der Waals surface area contributed by atoms with Crippen LogP contribution in [-0.2, 0) is 4.84 Å². The molecule has 5 heteroatoms. The van der Waals surface area contributed by atoms with Crippen LogP contribution in [0.1, 0.15) is 37.3 Å². The van der Waals surface area contributed by atoms with Gasteiger partial charge in [-0.15, -0.1) is 0 Å². The van der Waals surface area contributed by atoms with Gasteiger partial charge in [0.15, 0.2) is 11.5 Å². The summed E-state index contributed by atoms with van der Waals surface area (Å²) in [5.41, 5.74) is 3.31. The zero-order valence-electron chi connectivity index (χ0n) is 15.3. The normalized spacial score (nSPS) is 21.0. The predicted molar refractivity (Wildman–Crippen MR) is 99.2 cm³/mol. The highest BCUT2D eigenvalue weighted by molar-refractivity contribution is 6.04. The third-order valence-electron chi connectivity index (χ3n) is 4.71. The summed E-state index contributed by atoms with van der Waals surface area (Å²) in [6.45, 7) is 4.27. The molecule has 0 saturated heterocycles. The number of benzene rings is 2. The SMILES string of the molecule is COc1ccc(/C(=N\OC(C)C)C2CC2c2ccc3c(c2)OCO3)cc1. The highest BCUT2D eigenvalue weighted by Crippen LogP contribution is 2.51. The Morgan fingerprint density at radius 1 is 1.08 bits per heavy atom. The summed E-state index contributed by atoms with van der Waals surface area (Å²) in [6.07, 6.45) is 1.09. The van der Waals surface area contributed by atoms with Crippen LogP contribution in [0.5, 0.6) is 17.2 Å². The molecular weight excluding hydrogens is 330 g/mol. The van der Waals surface area contributed by atoms with E-state index in [2.05, 4.69) is 17.3 Å². The van der Waals surface area contributed by atoms with Crippen LogP contribution in [-0.4, -0.2) is 25.7 Å². The zero-order valence-corrected chi connectivity index (χ0v) is 15.3. The average Bonchev–Trinajstić information content (AvgIpc) is 3.29. The van der Waals surface area contributed by atoms with E-state index in [0.717, 1.165) is 34.9 Å². The summed E-state index contributed by atoms with van der Waals surface area (Å²) in [7, 11) is 1.67. The number of oxime groups is 1. The lowest BCUT2D eigenvalue weighted by Gasteiger charge is -2.10. The van der Waals surface area contributed by atoms with Gasteiger partial charge in [0, 0.05) is 5.92 Å². The maximum atomic E-state index is 5.59.